The number of amides is 2. The molecule has 2 N–H and O–H groups in total. The first-order valence-electron chi connectivity index (χ1n) is 6.99. The summed E-state index contributed by atoms with van der Waals surface area (Å²) in [6.07, 6.45) is 6.33. The Kier molecular flexibility index (Phi) is 6.14. The third-order valence-electron chi connectivity index (χ3n) is 3.65. The van der Waals surface area contributed by atoms with E-state index in [-0.39, 0.29) is 5.57 Å². The molecule has 1 rings (SSSR count). The molecule has 21 heavy (non-hydrogen) atoms. The van der Waals surface area contributed by atoms with Gasteiger partial charge in [-0.15, -0.1) is 0 Å². The summed E-state index contributed by atoms with van der Waals surface area (Å²) in [4.78, 5) is 36.1. The second-order valence-corrected chi connectivity index (χ2v) is 4.97. The molecule has 2 amide bonds. The quantitative estimate of drug-likeness (QED) is 0.345. The summed E-state index contributed by atoms with van der Waals surface area (Å²) in [5.74, 6) is -1.60. The molecule has 0 atom stereocenters. The Hall–Kier alpha value is -2.11. The maximum Gasteiger partial charge on any atom is 0.331 e. The third kappa shape index (κ3) is 3.93. The van der Waals surface area contributed by atoms with Gasteiger partial charge in [0.2, 0.25) is 0 Å². The van der Waals surface area contributed by atoms with Crippen molar-refractivity contribution in [2.45, 2.75) is 44.6 Å². The highest BCUT2D eigenvalue weighted by Gasteiger charge is 2.42. The highest BCUT2D eigenvalue weighted by Crippen LogP contribution is 2.29. The van der Waals surface area contributed by atoms with Gasteiger partial charge in [-0.2, -0.15) is 0 Å². The number of hydrogen-bond donors (Lipinski definition) is 2. The molecule has 6 nitrogen and oxygen atoms in total. The lowest BCUT2D eigenvalue weighted by Gasteiger charge is -2.35. The maximum absolute atomic E-state index is 12.3. The van der Waals surface area contributed by atoms with Crippen LogP contribution in [-0.4, -0.2) is 30.4 Å². The van der Waals surface area contributed by atoms with Crippen molar-refractivity contribution in [3.8, 4) is 0 Å². The van der Waals surface area contributed by atoms with E-state index in [1.165, 1.54) is 19.4 Å². The van der Waals surface area contributed by atoms with Crippen LogP contribution in [0.4, 0.5) is 0 Å². The fourth-order valence-electron chi connectivity index (χ4n) is 2.55. The molecule has 0 radical (unpaired) electrons. The third-order valence-corrected chi connectivity index (χ3v) is 3.65. The first-order valence-corrected chi connectivity index (χ1v) is 6.99. The maximum atomic E-state index is 12.3. The van der Waals surface area contributed by atoms with Crippen LogP contribution in [0.15, 0.2) is 24.4 Å². The number of ether oxygens (including phenoxy) is 1. The Balaban J connectivity index is 2.92. The molecular formula is C15H22N2O4. The largest absolute Gasteiger partial charge is 0.467 e. The van der Waals surface area contributed by atoms with Crippen LogP contribution >= 0.6 is 0 Å². The Morgan fingerprint density at radius 3 is 2.24 bits per heavy atom. The van der Waals surface area contributed by atoms with Gasteiger partial charge in [-0.1, -0.05) is 31.9 Å². The summed E-state index contributed by atoms with van der Waals surface area (Å²) in [6.45, 7) is 4.97. The summed E-state index contributed by atoms with van der Waals surface area (Å²) in [5.41, 5.74) is -1.09. The van der Waals surface area contributed by atoms with Crippen LogP contribution in [0, 0.1) is 0 Å². The lowest BCUT2D eigenvalue weighted by Crippen LogP contribution is -2.57. The number of carbonyl (C=O) groups excluding carboxylic acids is 3. The number of allylic oxidation sites excluding steroid dienone is 1. The molecule has 116 valence electrons. The molecule has 0 aromatic rings. The van der Waals surface area contributed by atoms with E-state index < -0.39 is 23.3 Å². The average Bonchev–Trinajstić information content (AvgIpc) is 2.48. The lowest BCUT2D eigenvalue weighted by atomic mass is 9.81. The van der Waals surface area contributed by atoms with E-state index in [2.05, 4.69) is 17.2 Å². The molecule has 0 bridgehead atoms. The molecule has 1 fully saturated rings. The van der Waals surface area contributed by atoms with Gasteiger partial charge in [-0.3, -0.25) is 9.59 Å². The van der Waals surface area contributed by atoms with Gasteiger partial charge >= 0.3 is 5.97 Å². The van der Waals surface area contributed by atoms with Gasteiger partial charge in [-0.05, 0) is 26.0 Å². The number of methoxy groups -OCH3 is 1. The summed E-state index contributed by atoms with van der Waals surface area (Å²) in [7, 11) is 1.30. The summed E-state index contributed by atoms with van der Waals surface area (Å²) >= 11 is 0. The van der Waals surface area contributed by atoms with Crippen LogP contribution in [0.2, 0.25) is 0 Å². The number of carbonyl (C=O) groups is 3. The predicted molar refractivity (Wildman–Crippen MR) is 78.1 cm³/mol. The van der Waals surface area contributed by atoms with Crippen molar-refractivity contribution in [2.24, 2.45) is 0 Å². The highest BCUT2D eigenvalue weighted by atomic mass is 16.5. The van der Waals surface area contributed by atoms with E-state index in [9.17, 15) is 14.4 Å². The first kappa shape index (κ1) is 16.9. The van der Waals surface area contributed by atoms with Gasteiger partial charge in [0, 0.05) is 0 Å². The van der Waals surface area contributed by atoms with E-state index in [0.717, 1.165) is 19.3 Å². The molecule has 0 aromatic heterocycles. The van der Waals surface area contributed by atoms with Crippen molar-refractivity contribution in [3.05, 3.63) is 24.4 Å². The van der Waals surface area contributed by atoms with Crippen LogP contribution in [0.3, 0.4) is 0 Å². The zero-order chi connectivity index (χ0) is 15.9. The first-order chi connectivity index (χ1) is 10.0. The van der Waals surface area contributed by atoms with Gasteiger partial charge < -0.3 is 15.4 Å². The van der Waals surface area contributed by atoms with Gasteiger partial charge in [0.25, 0.3) is 11.8 Å². The van der Waals surface area contributed by atoms with Crippen molar-refractivity contribution in [3.63, 3.8) is 0 Å². The van der Waals surface area contributed by atoms with Gasteiger partial charge in [0.05, 0.1) is 7.11 Å². The molecule has 1 aliphatic rings. The topological polar surface area (TPSA) is 84.5 Å². The van der Waals surface area contributed by atoms with Gasteiger partial charge in [-0.25, -0.2) is 4.79 Å². The summed E-state index contributed by atoms with van der Waals surface area (Å²) in [5, 5.41) is 5.05. The van der Waals surface area contributed by atoms with E-state index in [1.54, 1.807) is 6.92 Å². The zero-order valence-corrected chi connectivity index (χ0v) is 12.5. The lowest BCUT2D eigenvalue weighted by molar-refractivity contribution is -0.152. The van der Waals surface area contributed by atoms with Crippen molar-refractivity contribution in [1.82, 2.24) is 10.6 Å². The standard InChI is InChI=1S/C15H22N2O4/c1-4-11(12(18)16-5-2)13(19)17-15(14(20)21-3)9-7-6-8-10-15/h4-5H,2,6-10H2,1,3H3,(H,16,18)(H,17,19)/b11-4+. The van der Waals surface area contributed by atoms with Crippen molar-refractivity contribution < 1.29 is 19.1 Å². The number of hydrogen-bond acceptors (Lipinski definition) is 4. The molecule has 6 heteroatoms. The number of esters is 1. The van der Waals surface area contributed by atoms with Gasteiger partial charge in [0.15, 0.2) is 0 Å². The normalized spacial score (nSPS) is 17.5. The fourth-order valence-corrected chi connectivity index (χ4v) is 2.55. The molecule has 1 saturated carbocycles. The molecule has 0 saturated heterocycles. The minimum atomic E-state index is -1.03. The van der Waals surface area contributed by atoms with Crippen molar-refractivity contribution in [2.75, 3.05) is 7.11 Å². The minimum absolute atomic E-state index is 0.0521. The van der Waals surface area contributed by atoms with E-state index in [4.69, 9.17) is 4.74 Å². The Bertz CT molecular complexity index is 462. The van der Waals surface area contributed by atoms with Crippen molar-refractivity contribution >= 4 is 17.8 Å². The van der Waals surface area contributed by atoms with E-state index in [0.29, 0.717) is 12.8 Å². The number of rotatable bonds is 5. The molecular weight excluding hydrogens is 272 g/mol. The van der Waals surface area contributed by atoms with Crippen LogP contribution in [-0.2, 0) is 19.1 Å². The molecule has 0 aliphatic heterocycles. The van der Waals surface area contributed by atoms with Crippen LogP contribution < -0.4 is 10.6 Å². The average molecular weight is 294 g/mol. The van der Waals surface area contributed by atoms with E-state index >= 15 is 0 Å². The van der Waals surface area contributed by atoms with Crippen LogP contribution in [0.5, 0.6) is 0 Å². The monoisotopic (exact) mass is 294 g/mol. The van der Waals surface area contributed by atoms with E-state index in [1.807, 2.05) is 0 Å². The Labute approximate surface area is 124 Å². The predicted octanol–water partition coefficient (Wildman–Crippen LogP) is 1.18. The highest BCUT2D eigenvalue weighted by molar-refractivity contribution is 6.19. The Morgan fingerprint density at radius 1 is 1.14 bits per heavy atom. The van der Waals surface area contributed by atoms with Crippen molar-refractivity contribution in [1.29, 1.82) is 0 Å². The Morgan fingerprint density at radius 2 is 1.76 bits per heavy atom. The fraction of sp³-hybridized carbons (Fsp3) is 0.533. The molecule has 0 unspecified atom stereocenters. The molecule has 1 aliphatic carbocycles. The van der Waals surface area contributed by atoms with Gasteiger partial charge in [0.1, 0.15) is 11.1 Å². The SMILES string of the molecule is C=CNC(=O)/C(=C\C)C(=O)NC1(C(=O)OC)CCCCC1. The smallest absolute Gasteiger partial charge is 0.331 e. The molecule has 0 heterocycles. The van der Waals surface area contributed by atoms with Crippen LogP contribution in [0.25, 0.3) is 0 Å². The zero-order valence-electron chi connectivity index (χ0n) is 12.5. The molecule has 0 spiro atoms. The summed E-state index contributed by atoms with van der Waals surface area (Å²) < 4.78 is 4.83. The second-order valence-electron chi connectivity index (χ2n) is 4.97. The summed E-state index contributed by atoms with van der Waals surface area (Å²) in [6, 6.07) is 0. The van der Waals surface area contributed by atoms with Crippen LogP contribution in [0.1, 0.15) is 39.0 Å². The second kappa shape index (κ2) is 7.61. The molecule has 0 aromatic carbocycles. The minimum Gasteiger partial charge on any atom is -0.467 e. The number of nitrogens with one attached hydrogen (secondary N) is 2.